The second kappa shape index (κ2) is 7.05. The van der Waals surface area contributed by atoms with Crippen molar-refractivity contribution in [2.45, 2.75) is 44.0 Å². The summed E-state index contributed by atoms with van der Waals surface area (Å²) in [6.45, 7) is 0. The fraction of sp³-hybridized carbons (Fsp3) is 0.438. The van der Waals surface area contributed by atoms with Crippen molar-refractivity contribution in [2.24, 2.45) is 0 Å². The summed E-state index contributed by atoms with van der Waals surface area (Å²) in [4.78, 5) is 8.39. The zero-order valence-electron chi connectivity index (χ0n) is 14.4. The molecule has 3 heterocycles. The molecular formula is C16H16ClF3N6OS. The minimum atomic E-state index is -4.63. The highest BCUT2D eigenvalue weighted by Gasteiger charge is 2.34. The number of nitrogens with zero attached hydrogens (tertiary/aromatic N) is 4. The van der Waals surface area contributed by atoms with E-state index in [-0.39, 0.29) is 28.6 Å². The summed E-state index contributed by atoms with van der Waals surface area (Å²) in [5.74, 6) is -0.601. The van der Waals surface area contributed by atoms with E-state index in [0.29, 0.717) is 10.1 Å². The van der Waals surface area contributed by atoms with Crippen LogP contribution in [0.4, 0.5) is 24.1 Å². The molecular weight excluding hydrogens is 417 g/mol. The van der Waals surface area contributed by atoms with Crippen molar-refractivity contribution in [3.05, 3.63) is 23.0 Å². The predicted molar refractivity (Wildman–Crippen MR) is 100 cm³/mol. The number of aromatic nitrogens is 4. The van der Waals surface area contributed by atoms with Crippen LogP contribution in [0.5, 0.6) is 0 Å². The summed E-state index contributed by atoms with van der Waals surface area (Å²) in [5, 5.41) is 17.9. The number of aliphatic hydroxyl groups is 1. The number of halogens is 4. The Hall–Kier alpha value is -2.11. The monoisotopic (exact) mass is 432 g/mol. The molecule has 1 aliphatic rings. The lowest BCUT2D eigenvalue weighted by atomic mass is 9.93. The number of nitrogens with one attached hydrogen (secondary N) is 1. The summed E-state index contributed by atoms with van der Waals surface area (Å²) in [5.41, 5.74) is 4.57. The van der Waals surface area contributed by atoms with Crippen LogP contribution >= 0.6 is 22.9 Å². The van der Waals surface area contributed by atoms with E-state index >= 15 is 0 Å². The van der Waals surface area contributed by atoms with Gasteiger partial charge in [-0.2, -0.15) is 17.7 Å². The van der Waals surface area contributed by atoms with Gasteiger partial charge in [-0.1, -0.05) is 22.9 Å². The highest BCUT2D eigenvalue weighted by Crippen LogP contribution is 2.37. The Balaban J connectivity index is 1.62. The Labute approximate surface area is 166 Å². The molecule has 28 heavy (non-hydrogen) atoms. The van der Waals surface area contributed by atoms with E-state index in [1.54, 1.807) is 0 Å². The average Bonchev–Trinajstić information content (AvgIpc) is 3.15. The Bertz CT molecular complexity index is 1010. The number of nitrogens with two attached hydrogens (primary N) is 1. The summed E-state index contributed by atoms with van der Waals surface area (Å²) >= 11 is 7.57. The SMILES string of the molecule is Nc1ncc(-c2nc3sc(NC4CCC(O)CC4)nn3c2Cl)cc1C(F)(F)F. The summed E-state index contributed by atoms with van der Waals surface area (Å²) < 4.78 is 40.6. The van der Waals surface area contributed by atoms with Crippen LogP contribution in [0.25, 0.3) is 16.2 Å². The quantitative estimate of drug-likeness (QED) is 0.581. The molecule has 0 unspecified atom stereocenters. The number of fused-ring (bicyclic) bond motifs is 1. The van der Waals surface area contributed by atoms with Crippen molar-refractivity contribution in [1.29, 1.82) is 0 Å². The van der Waals surface area contributed by atoms with Crippen LogP contribution in [0.2, 0.25) is 5.15 Å². The highest BCUT2D eigenvalue weighted by molar-refractivity contribution is 7.20. The van der Waals surface area contributed by atoms with Gasteiger partial charge in [-0.3, -0.25) is 0 Å². The summed E-state index contributed by atoms with van der Waals surface area (Å²) in [7, 11) is 0. The van der Waals surface area contributed by atoms with Crippen molar-refractivity contribution in [1.82, 2.24) is 19.6 Å². The van der Waals surface area contributed by atoms with Gasteiger partial charge in [-0.15, -0.1) is 5.10 Å². The molecule has 3 aromatic heterocycles. The van der Waals surface area contributed by atoms with Crippen LogP contribution in [0.1, 0.15) is 31.2 Å². The van der Waals surface area contributed by atoms with Crippen molar-refractivity contribution < 1.29 is 18.3 Å². The van der Waals surface area contributed by atoms with E-state index in [4.69, 9.17) is 17.3 Å². The fourth-order valence-corrected chi connectivity index (χ4v) is 4.39. The Kier molecular flexibility index (Phi) is 4.84. The zero-order valence-corrected chi connectivity index (χ0v) is 15.9. The third-order valence-electron chi connectivity index (χ3n) is 4.67. The van der Waals surface area contributed by atoms with Crippen LogP contribution in [0.3, 0.4) is 0 Å². The number of nitrogen functional groups attached to an aromatic ring is 1. The minimum absolute atomic E-state index is 0.0954. The van der Waals surface area contributed by atoms with E-state index in [1.807, 2.05) is 0 Å². The van der Waals surface area contributed by atoms with Gasteiger partial charge in [-0.05, 0) is 31.7 Å². The maximum absolute atomic E-state index is 13.1. The van der Waals surface area contributed by atoms with E-state index in [9.17, 15) is 18.3 Å². The summed E-state index contributed by atoms with van der Waals surface area (Å²) in [6, 6.07) is 1.08. The average molecular weight is 433 g/mol. The molecule has 3 aromatic rings. The largest absolute Gasteiger partial charge is 0.419 e. The van der Waals surface area contributed by atoms with E-state index < -0.39 is 17.6 Å². The van der Waals surface area contributed by atoms with Gasteiger partial charge in [0.05, 0.1) is 11.7 Å². The first-order valence-electron chi connectivity index (χ1n) is 8.55. The molecule has 0 saturated heterocycles. The highest BCUT2D eigenvalue weighted by atomic mass is 35.5. The molecule has 0 aromatic carbocycles. The topological polar surface area (TPSA) is 101 Å². The smallest absolute Gasteiger partial charge is 0.393 e. The van der Waals surface area contributed by atoms with Crippen molar-refractivity contribution in [3.8, 4) is 11.3 Å². The first-order chi connectivity index (χ1) is 13.2. The normalized spacial score (nSPS) is 20.6. The molecule has 0 bridgehead atoms. The lowest BCUT2D eigenvalue weighted by molar-refractivity contribution is -0.137. The molecule has 150 valence electrons. The van der Waals surface area contributed by atoms with Crippen LogP contribution in [-0.2, 0) is 6.18 Å². The molecule has 1 aliphatic carbocycles. The van der Waals surface area contributed by atoms with Crippen LogP contribution in [0, 0.1) is 0 Å². The number of imidazole rings is 1. The Morgan fingerprint density at radius 2 is 2.00 bits per heavy atom. The van der Waals surface area contributed by atoms with Crippen molar-refractivity contribution >= 4 is 38.8 Å². The molecule has 0 atom stereocenters. The molecule has 0 amide bonds. The molecule has 1 saturated carbocycles. The van der Waals surface area contributed by atoms with Gasteiger partial charge in [0.25, 0.3) is 0 Å². The van der Waals surface area contributed by atoms with Gasteiger partial charge in [0, 0.05) is 17.8 Å². The lowest BCUT2D eigenvalue weighted by Crippen LogP contribution is -2.28. The number of anilines is 2. The molecule has 0 aliphatic heterocycles. The Morgan fingerprint density at radius 3 is 2.64 bits per heavy atom. The first kappa shape index (κ1) is 19.2. The second-order valence-electron chi connectivity index (χ2n) is 6.66. The molecule has 4 rings (SSSR count). The van der Waals surface area contributed by atoms with Crippen LogP contribution < -0.4 is 11.1 Å². The van der Waals surface area contributed by atoms with Gasteiger partial charge in [0.2, 0.25) is 10.1 Å². The lowest BCUT2D eigenvalue weighted by Gasteiger charge is -2.25. The van der Waals surface area contributed by atoms with Gasteiger partial charge in [0.1, 0.15) is 11.5 Å². The van der Waals surface area contributed by atoms with Gasteiger partial charge in [0.15, 0.2) is 5.15 Å². The number of hydrogen-bond donors (Lipinski definition) is 3. The van der Waals surface area contributed by atoms with E-state index in [2.05, 4.69) is 20.4 Å². The standard InChI is InChI=1S/C16H16ClF3N6OS/c17-12-11(7-5-10(16(18,19)20)13(21)22-6-7)24-15-26(12)25-14(28-15)23-8-1-3-9(27)4-2-8/h5-6,8-9,27H,1-4H2,(H2,21,22)(H,23,25). The maximum Gasteiger partial charge on any atom is 0.419 e. The Morgan fingerprint density at radius 1 is 1.29 bits per heavy atom. The van der Waals surface area contributed by atoms with E-state index in [0.717, 1.165) is 31.7 Å². The van der Waals surface area contributed by atoms with Gasteiger partial charge in [-0.25, -0.2) is 9.97 Å². The van der Waals surface area contributed by atoms with Crippen LogP contribution in [0.15, 0.2) is 12.3 Å². The molecule has 1 fully saturated rings. The number of hydrogen-bond acceptors (Lipinski definition) is 7. The third kappa shape index (κ3) is 3.61. The minimum Gasteiger partial charge on any atom is -0.393 e. The van der Waals surface area contributed by atoms with Crippen molar-refractivity contribution in [2.75, 3.05) is 11.1 Å². The first-order valence-corrected chi connectivity index (χ1v) is 9.74. The number of aliphatic hydroxyl groups excluding tert-OH is 1. The number of rotatable bonds is 3. The third-order valence-corrected chi connectivity index (χ3v) is 5.85. The summed E-state index contributed by atoms with van der Waals surface area (Å²) in [6.07, 6.45) is -0.542. The maximum atomic E-state index is 13.1. The van der Waals surface area contributed by atoms with Gasteiger partial charge >= 0.3 is 6.18 Å². The number of pyridine rings is 1. The van der Waals surface area contributed by atoms with Crippen molar-refractivity contribution in [3.63, 3.8) is 0 Å². The number of alkyl halides is 3. The van der Waals surface area contributed by atoms with Gasteiger partial charge < -0.3 is 16.2 Å². The second-order valence-corrected chi connectivity index (χ2v) is 7.97. The molecule has 7 nitrogen and oxygen atoms in total. The molecule has 4 N–H and O–H groups in total. The predicted octanol–water partition coefficient (Wildman–Crippen LogP) is 3.82. The van der Waals surface area contributed by atoms with Crippen LogP contribution in [-0.4, -0.2) is 36.8 Å². The fourth-order valence-electron chi connectivity index (χ4n) is 3.19. The molecule has 0 spiro atoms. The molecule has 12 heteroatoms. The molecule has 0 radical (unpaired) electrons. The zero-order chi connectivity index (χ0) is 20.1. The van der Waals surface area contributed by atoms with E-state index in [1.165, 1.54) is 22.0 Å².